The van der Waals surface area contributed by atoms with Crippen molar-refractivity contribution in [3.8, 4) is 39.1 Å². The largest absolute Gasteiger partial charge is 0.296 e. The Balaban J connectivity index is 1.39. The smallest absolute Gasteiger partial charge is 0.114 e. The van der Waals surface area contributed by atoms with Crippen LogP contribution in [0, 0.1) is 0 Å². The van der Waals surface area contributed by atoms with Crippen LogP contribution >= 0.6 is 0 Å². The Kier molecular flexibility index (Phi) is 6.53. The van der Waals surface area contributed by atoms with Gasteiger partial charge < -0.3 is 0 Å². The van der Waals surface area contributed by atoms with Crippen LogP contribution in [0.2, 0.25) is 0 Å². The number of imidazole rings is 1. The number of aryl methyl sites for hydroxylation is 1. The van der Waals surface area contributed by atoms with Crippen LogP contribution in [0.25, 0.3) is 71.6 Å². The molecule has 0 saturated carbocycles. The summed E-state index contributed by atoms with van der Waals surface area (Å²) >= 11 is 0. The number of benzene rings is 7. The summed E-state index contributed by atoms with van der Waals surface area (Å²) in [7, 11) is 0. The summed E-state index contributed by atoms with van der Waals surface area (Å²) in [6.07, 6.45) is 1.99. The number of para-hydroxylation sites is 2. The van der Waals surface area contributed by atoms with Crippen LogP contribution in [0.1, 0.15) is 19.2 Å². The summed E-state index contributed by atoms with van der Waals surface area (Å²) in [4.78, 5) is 4.98. The van der Waals surface area contributed by atoms with Gasteiger partial charge in [-0.2, -0.15) is 0 Å². The standard InChI is InChI=1S/C42H32N2/c1-2-13-40-43-38-20-11-12-21-39(38)44(40)33-25-22-31(23-26-33)42-35-19-10-9-18-34(35)41(30-16-7-4-8-17-30)36-27-24-32(28-37(36)42)29-14-5-3-6-15-29/h3-12,14-28H,2,13H2,1H3. The van der Waals surface area contributed by atoms with Gasteiger partial charge in [0.15, 0.2) is 0 Å². The molecule has 0 aliphatic carbocycles. The molecule has 7 aromatic carbocycles. The SMILES string of the molecule is CCCc1nc2ccccc2n1-c1ccc(-c2c3ccccc3c(-c3ccccc3)c3ccc(-c4ccccc4)cc23)cc1. The van der Waals surface area contributed by atoms with Gasteiger partial charge in [-0.05, 0) is 91.7 Å². The molecular formula is C42H32N2. The Morgan fingerprint density at radius 3 is 1.73 bits per heavy atom. The minimum Gasteiger partial charge on any atom is -0.296 e. The number of aromatic nitrogens is 2. The lowest BCUT2D eigenvalue weighted by molar-refractivity contribution is 0.818. The fraction of sp³-hybridized carbons (Fsp3) is 0.0714. The number of rotatable bonds is 6. The lowest BCUT2D eigenvalue weighted by Gasteiger charge is -2.19. The van der Waals surface area contributed by atoms with Gasteiger partial charge in [0, 0.05) is 12.1 Å². The van der Waals surface area contributed by atoms with Crippen LogP contribution in [0.5, 0.6) is 0 Å². The zero-order chi connectivity index (χ0) is 29.5. The average molecular weight is 565 g/mol. The molecule has 0 radical (unpaired) electrons. The zero-order valence-corrected chi connectivity index (χ0v) is 24.7. The van der Waals surface area contributed by atoms with E-state index >= 15 is 0 Å². The van der Waals surface area contributed by atoms with Gasteiger partial charge in [0.25, 0.3) is 0 Å². The molecule has 2 nitrogen and oxygen atoms in total. The highest BCUT2D eigenvalue weighted by Crippen LogP contribution is 2.45. The summed E-state index contributed by atoms with van der Waals surface area (Å²) in [6, 6.07) is 54.9. The van der Waals surface area contributed by atoms with Crippen LogP contribution in [0.3, 0.4) is 0 Å². The predicted octanol–water partition coefficient (Wildman–Crippen LogP) is 11.3. The summed E-state index contributed by atoms with van der Waals surface area (Å²) in [5.74, 6) is 1.11. The molecule has 210 valence electrons. The summed E-state index contributed by atoms with van der Waals surface area (Å²) in [5, 5.41) is 5.05. The van der Waals surface area contributed by atoms with Gasteiger partial charge in [-0.3, -0.25) is 4.57 Å². The Morgan fingerprint density at radius 1 is 0.477 bits per heavy atom. The van der Waals surface area contributed by atoms with E-state index in [-0.39, 0.29) is 0 Å². The number of hydrogen-bond donors (Lipinski definition) is 0. The molecule has 0 N–H and O–H groups in total. The van der Waals surface area contributed by atoms with Gasteiger partial charge in [-0.1, -0.05) is 128 Å². The third-order valence-electron chi connectivity index (χ3n) is 8.71. The van der Waals surface area contributed by atoms with Gasteiger partial charge in [-0.25, -0.2) is 4.98 Å². The molecule has 0 aliphatic rings. The van der Waals surface area contributed by atoms with E-state index < -0.39 is 0 Å². The molecule has 0 unspecified atom stereocenters. The van der Waals surface area contributed by atoms with Crippen LogP contribution in [0.15, 0.2) is 152 Å². The first-order valence-corrected chi connectivity index (χ1v) is 15.5. The fourth-order valence-corrected chi connectivity index (χ4v) is 6.75. The van der Waals surface area contributed by atoms with Gasteiger partial charge in [-0.15, -0.1) is 0 Å². The van der Waals surface area contributed by atoms with Gasteiger partial charge in [0.1, 0.15) is 5.82 Å². The van der Waals surface area contributed by atoms with Crippen molar-refractivity contribution in [1.29, 1.82) is 0 Å². The van der Waals surface area contributed by atoms with Crippen LogP contribution in [0.4, 0.5) is 0 Å². The third-order valence-corrected chi connectivity index (χ3v) is 8.71. The summed E-state index contributed by atoms with van der Waals surface area (Å²) < 4.78 is 2.32. The first-order valence-electron chi connectivity index (χ1n) is 15.5. The van der Waals surface area contributed by atoms with Crippen molar-refractivity contribution in [2.24, 2.45) is 0 Å². The lowest BCUT2D eigenvalue weighted by atomic mass is 9.85. The van der Waals surface area contributed by atoms with Crippen LogP contribution in [-0.2, 0) is 6.42 Å². The Hall–Kier alpha value is -5.47. The Morgan fingerprint density at radius 2 is 1.02 bits per heavy atom. The fourth-order valence-electron chi connectivity index (χ4n) is 6.75. The molecule has 44 heavy (non-hydrogen) atoms. The molecule has 0 atom stereocenters. The molecule has 0 fully saturated rings. The number of hydrogen-bond acceptors (Lipinski definition) is 1. The zero-order valence-electron chi connectivity index (χ0n) is 24.7. The lowest BCUT2D eigenvalue weighted by Crippen LogP contribution is -2.01. The second kappa shape index (κ2) is 11.0. The van der Waals surface area contributed by atoms with Gasteiger partial charge >= 0.3 is 0 Å². The molecule has 8 rings (SSSR count). The maximum atomic E-state index is 4.98. The van der Waals surface area contributed by atoms with E-state index in [0.717, 1.165) is 35.4 Å². The molecule has 8 aromatic rings. The predicted molar refractivity (Wildman–Crippen MR) is 186 cm³/mol. The van der Waals surface area contributed by atoms with E-state index in [0.29, 0.717) is 0 Å². The van der Waals surface area contributed by atoms with Gasteiger partial charge in [0.2, 0.25) is 0 Å². The quantitative estimate of drug-likeness (QED) is 0.184. The van der Waals surface area contributed by atoms with Crippen molar-refractivity contribution >= 4 is 32.6 Å². The molecular weight excluding hydrogens is 532 g/mol. The Bertz CT molecular complexity index is 2260. The van der Waals surface area contributed by atoms with Gasteiger partial charge in [0.05, 0.1) is 11.0 Å². The highest BCUT2D eigenvalue weighted by molar-refractivity contribution is 6.22. The second-order valence-electron chi connectivity index (χ2n) is 11.4. The summed E-state index contributed by atoms with van der Waals surface area (Å²) in [6.45, 7) is 2.21. The van der Waals surface area contributed by atoms with E-state index in [1.807, 2.05) is 0 Å². The minimum absolute atomic E-state index is 0.939. The highest BCUT2D eigenvalue weighted by Gasteiger charge is 2.18. The molecule has 0 bridgehead atoms. The summed E-state index contributed by atoms with van der Waals surface area (Å²) in [5.41, 5.74) is 10.8. The Labute approximate surface area is 257 Å². The molecule has 0 saturated heterocycles. The maximum absolute atomic E-state index is 4.98. The van der Waals surface area contributed by atoms with Crippen LogP contribution < -0.4 is 0 Å². The third kappa shape index (κ3) is 4.39. The van der Waals surface area contributed by atoms with E-state index in [1.54, 1.807) is 0 Å². The van der Waals surface area contributed by atoms with Crippen molar-refractivity contribution < 1.29 is 0 Å². The van der Waals surface area contributed by atoms with Crippen molar-refractivity contribution in [3.63, 3.8) is 0 Å². The maximum Gasteiger partial charge on any atom is 0.114 e. The normalized spacial score (nSPS) is 11.5. The average Bonchev–Trinajstić information content (AvgIpc) is 3.46. The molecule has 2 heteroatoms. The molecule has 1 heterocycles. The van der Waals surface area contributed by atoms with Crippen molar-refractivity contribution in [2.75, 3.05) is 0 Å². The van der Waals surface area contributed by atoms with E-state index in [9.17, 15) is 0 Å². The topological polar surface area (TPSA) is 17.8 Å². The highest BCUT2D eigenvalue weighted by atomic mass is 15.1. The minimum atomic E-state index is 0.939. The number of fused-ring (bicyclic) bond motifs is 3. The van der Waals surface area contributed by atoms with Crippen molar-refractivity contribution in [1.82, 2.24) is 9.55 Å². The second-order valence-corrected chi connectivity index (χ2v) is 11.4. The van der Waals surface area contributed by atoms with Crippen LogP contribution in [-0.4, -0.2) is 9.55 Å². The van der Waals surface area contributed by atoms with Crippen molar-refractivity contribution in [3.05, 3.63) is 157 Å². The molecule has 1 aromatic heterocycles. The molecule has 0 spiro atoms. The first kappa shape index (κ1) is 26.2. The first-order chi connectivity index (χ1) is 21.8. The monoisotopic (exact) mass is 564 g/mol. The number of nitrogens with zero attached hydrogens (tertiary/aromatic N) is 2. The molecule has 0 aliphatic heterocycles. The molecule has 0 amide bonds. The van der Waals surface area contributed by atoms with E-state index in [1.165, 1.54) is 54.9 Å². The van der Waals surface area contributed by atoms with Crippen molar-refractivity contribution in [2.45, 2.75) is 19.8 Å². The van der Waals surface area contributed by atoms with E-state index in [4.69, 9.17) is 4.98 Å². The van der Waals surface area contributed by atoms with E-state index in [2.05, 4.69) is 163 Å².